The minimum Gasteiger partial charge on any atom is -0.508 e. The second-order valence-corrected chi connectivity index (χ2v) is 7.89. The Balaban J connectivity index is 1.80. The summed E-state index contributed by atoms with van der Waals surface area (Å²) in [6.45, 7) is 5.09. The molecule has 4 rings (SSSR count). The standard InChI is InChI=1S/C26H19ClF3NO2/c1-15-6-10-23(31(15)24-12-17(16(2)32)7-9-21(24)28)20-13-19(27)8-11-25(20)33-14-18-4-3-5-22(29)26(18)30/h3-13,32H,2,14H2,1H3. The third-order valence-corrected chi connectivity index (χ3v) is 5.46. The van der Waals surface area contributed by atoms with Crippen molar-refractivity contribution >= 4 is 17.4 Å². The van der Waals surface area contributed by atoms with Gasteiger partial charge in [-0.25, -0.2) is 13.2 Å². The van der Waals surface area contributed by atoms with Gasteiger partial charge in [-0.2, -0.15) is 0 Å². The molecule has 0 spiro atoms. The fraction of sp³-hybridized carbons (Fsp3) is 0.0769. The number of benzene rings is 3. The summed E-state index contributed by atoms with van der Waals surface area (Å²) in [4.78, 5) is 0. The van der Waals surface area contributed by atoms with Gasteiger partial charge in [-0.1, -0.05) is 30.3 Å². The second kappa shape index (κ2) is 9.08. The van der Waals surface area contributed by atoms with Gasteiger partial charge in [-0.3, -0.25) is 0 Å². The molecule has 0 atom stereocenters. The third kappa shape index (κ3) is 4.47. The summed E-state index contributed by atoms with van der Waals surface area (Å²) in [5, 5.41) is 10.2. The SMILES string of the molecule is C=C(O)c1ccc(F)c(-n2c(C)ccc2-c2cc(Cl)ccc2OCc2cccc(F)c2F)c1. The lowest BCUT2D eigenvalue weighted by atomic mass is 10.1. The van der Waals surface area contributed by atoms with E-state index in [-0.39, 0.29) is 23.6 Å². The van der Waals surface area contributed by atoms with Gasteiger partial charge >= 0.3 is 0 Å². The number of aryl methyl sites for hydroxylation is 1. The molecule has 0 fully saturated rings. The highest BCUT2D eigenvalue weighted by Gasteiger charge is 2.18. The van der Waals surface area contributed by atoms with E-state index >= 15 is 0 Å². The first kappa shape index (κ1) is 22.6. The zero-order chi connectivity index (χ0) is 23.7. The molecular formula is C26H19ClF3NO2. The van der Waals surface area contributed by atoms with Crippen LogP contribution in [0.3, 0.4) is 0 Å². The van der Waals surface area contributed by atoms with E-state index in [0.717, 1.165) is 6.07 Å². The van der Waals surface area contributed by atoms with Crippen molar-refractivity contribution in [2.45, 2.75) is 13.5 Å². The number of aromatic nitrogens is 1. The van der Waals surface area contributed by atoms with Crippen LogP contribution in [0.4, 0.5) is 13.2 Å². The van der Waals surface area contributed by atoms with E-state index in [4.69, 9.17) is 16.3 Å². The van der Waals surface area contributed by atoms with Crippen LogP contribution in [0.1, 0.15) is 16.8 Å². The minimum absolute atomic E-state index is 0.0580. The Morgan fingerprint density at radius 2 is 1.79 bits per heavy atom. The number of hydrogen-bond donors (Lipinski definition) is 1. The number of nitrogens with zero attached hydrogens (tertiary/aromatic N) is 1. The molecule has 168 valence electrons. The monoisotopic (exact) mass is 469 g/mol. The average molecular weight is 470 g/mol. The molecule has 3 aromatic carbocycles. The average Bonchev–Trinajstić information content (AvgIpc) is 3.16. The Labute approximate surface area is 193 Å². The maximum Gasteiger partial charge on any atom is 0.165 e. The van der Waals surface area contributed by atoms with Crippen molar-refractivity contribution in [2.24, 2.45) is 0 Å². The van der Waals surface area contributed by atoms with Crippen molar-refractivity contribution in [1.29, 1.82) is 0 Å². The van der Waals surface area contributed by atoms with Gasteiger partial charge in [-0.05, 0) is 61.5 Å². The molecule has 1 heterocycles. The molecule has 0 amide bonds. The first-order chi connectivity index (χ1) is 15.8. The van der Waals surface area contributed by atoms with Crippen molar-refractivity contribution in [2.75, 3.05) is 0 Å². The van der Waals surface area contributed by atoms with Gasteiger partial charge in [0.25, 0.3) is 0 Å². The Kier molecular flexibility index (Phi) is 6.20. The zero-order valence-corrected chi connectivity index (χ0v) is 18.3. The first-order valence-electron chi connectivity index (χ1n) is 9.98. The minimum atomic E-state index is -0.977. The summed E-state index contributed by atoms with van der Waals surface area (Å²) in [6, 6.07) is 16.5. The van der Waals surface area contributed by atoms with Gasteiger partial charge in [0, 0.05) is 27.4 Å². The lowest BCUT2D eigenvalue weighted by Gasteiger charge is -2.17. The zero-order valence-electron chi connectivity index (χ0n) is 17.6. The quantitative estimate of drug-likeness (QED) is 0.294. The Bertz CT molecular complexity index is 1360. The van der Waals surface area contributed by atoms with E-state index in [1.54, 1.807) is 41.8 Å². The molecule has 0 aliphatic rings. The highest BCUT2D eigenvalue weighted by atomic mass is 35.5. The number of hydrogen-bond acceptors (Lipinski definition) is 2. The van der Waals surface area contributed by atoms with Crippen molar-refractivity contribution < 1.29 is 23.0 Å². The summed E-state index contributed by atoms with van der Waals surface area (Å²) >= 11 is 6.24. The summed E-state index contributed by atoms with van der Waals surface area (Å²) in [5.41, 5.74) is 2.43. The Morgan fingerprint density at radius 3 is 2.55 bits per heavy atom. The molecule has 0 saturated carbocycles. The van der Waals surface area contributed by atoms with Gasteiger partial charge < -0.3 is 14.4 Å². The van der Waals surface area contributed by atoms with Crippen LogP contribution >= 0.6 is 11.6 Å². The fourth-order valence-corrected chi connectivity index (χ4v) is 3.75. The maximum absolute atomic E-state index is 14.8. The van der Waals surface area contributed by atoms with Gasteiger partial charge in [0.1, 0.15) is 23.9 Å². The van der Waals surface area contributed by atoms with Crippen molar-refractivity contribution in [3.8, 4) is 22.7 Å². The van der Waals surface area contributed by atoms with Crippen LogP contribution in [0, 0.1) is 24.4 Å². The molecule has 0 bridgehead atoms. The normalized spacial score (nSPS) is 10.9. The van der Waals surface area contributed by atoms with Gasteiger partial charge in [-0.15, -0.1) is 0 Å². The van der Waals surface area contributed by atoms with E-state index in [1.807, 2.05) is 0 Å². The molecule has 0 aliphatic carbocycles. The molecule has 7 heteroatoms. The van der Waals surface area contributed by atoms with E-state index in [0.29, 0.717) is 33.3 Å². The number of ether oxygens (including phenoxy) is 1. The van der Waals surface area contributed by atoms with Crippen LogP contribution in [0.2, 0.25) is 5.02 Å². The Morgan fingerprint density at radius 1 is 1.00 bits per heavy atom. The van der Waals surface area contributed by atoms with E-state index in [9.17, 15) is 18.3 Å². The van der Waals surface area contributed by atoms with Crippen LogP contribution in [0.15, 0.2) is 73.3 Å². The molecule has 0 saturated heterocycles. The molecule has 1 N–H and O–H groups in total. The molecule has 1 aromatic heterocycles. The second-order valence-electron chi connectivity index (χ2n) is 7.45. The smallest absolute Gasteiger partial charge is 0.165 e. The highest BCUT2D eigenvalue weighted by molar-refractivity contribution is 6.31. The van der Waals surface area contributed by atoms with E-state index in [2.05, 4.69) is 6.58 Å². The van der Waals surface area contributed by atoms with Crippen molar-refractivity contribution in [3.05, 3.63) is 113 Å². The molecule has 0 radical (unpaired) electrons. The predicted octanol–water partition coefficient (Wildman–Crippen LogP) is 7.63. The topological polar surface area (TPSA) is 34.4 Å². The number of aliphatic hydroxyl groups excluding tert-OH is 1. The lowest BCUT2D eigenvalue weighted by Crippen LogP contribution is -2.05. The van der Waals surface area contributed by atoms with E-state index in [1.165, 1.54) is 30.3 Å². The molecule has 3 nitrogen and oxygen atoms in total. The van der Waals surface area contributed by atoms with Crippen LogP contribution in [-0.2, 0) is 6.61 Å². The third-order valence-electron chi connectivity index (χ3n) is 5.23. The summed E-state index contributed by atoms with van der Waals surface area (Å²) in [5.74, 6) is -2.28. The summed E-state index contributed by atoms with van der Waals surface area (Å²) < 4.78 is 50.0. The predicted molar refractivity (Wildman–Crippen MR) is 123 cm³/mol. The van der Waals surface area contributed by atoms with Crippen LogP contribution in [0.25, 0.3) is 22.7 Å². The molecular weight excluding hydrogens is 451 g/mol. The van der Waals surface area contributed by atoms with Crippen LogP contribution in [-0.4, -0.2) is 9.67 Å². The molecule has 0 unspecified atom stereocenters. The largest absolute Gasteiger partial charge is 0.508 e. The molecule has 0 aliphatic heterocycles. The number of aliphatic hydroxyl groups is 1. The van der Waals surface area contributed by atoms with Gasteiger partial charge in [0.15, 0.2) is 11.6 Å². The molecule has 4 aromatic rings. The summed E-state index contributed by atoms with van der Waals surface area (Å²) in [7, 11) is 0. The highest BCUT2D eigenvalue weighted by Crippen LogP contribution is 2.37. The lowest BCUT2D eigenvalue weighted by molar-refractivity contribution is 0.298. The van der Waals surface area contributed by atoms with E-state index < -0.39 is 17.5 Å². The van der Waals surface area contributed by atoms with Gasteiger partial charge in [0.05, 0.1) is 11.4 Å². The molecule has 33 heavy (non-hydrogen) atoms. The Hall–Kier alpha value is -3.64. The van der Waals surface area contributed by atoms with Crippen molar-refractivity contribution in [1.82, 2.24) is 4.57 Å². The van der Waals surface area contributed by atoms with Crippen LogP contribution in [0.5, 0.6) is 5.75 Å². The maximum atomic E-state index is 14.8. The summed E-state index contributed by atoms with van der Waals surface area (Å²) in [6.07, 6.45) is 0. The van der Waals surface area contributed by atoms with Crippen molar-refractivity contribution in [3.63, 3.8) is 0 Å². The number of rotatable bonds is 6. The first-order valence-corrected chi connectivity index (χ1v) is 10.4. The number of halogens is 4. The van der Waals surface area contributed by atoms with Gasteiger partial charge in [0.2, 0.25) is 0 Å². The fourth-order valence-electron chi connectivity index (χ4n) is 3.58. The van der Waals surface area contributed by atoms with Crippen LogP contribution < -0.4 is 4.74 Å².